The predicted molar refractivity (Wildman–Crippen MR) is 33.3 cm³/mol. The summed E-state index contributed by atoms with van der Waals surface area (Å²) in [5, 5.41) is 35.8. The van der Waals surface area contributed by atoms with Gasteiger partial charge in [0.15, 0.2) is 0 Å². The maximum atomic E-state index is 8.96. The molecule has 0 aromatic heterocycles. The molecule has 4 nitrogen and oxygen atoms in total. The van der Waals surface area contributed by atoms with Gasteiger partial charge in [-0.2, -0.15) is 0 Å². The van der Waals surface area contributed by atoms with E-state index < -0.39 is 24.4 Å². The van der Waals surface area contributed by atoms with Crippen LogP contribution in [0.2, 0.25) is 0 Å². The lowest BCUT2D eigenvalue weighted by Gasteiger charge is -2.31. The van der Waals surface area contributed by atoms with E-state index in [2.05, 4.69) is 0 Å². The fraction of sp³-hybridized carbons (Fsp3) is 1.00. The minimum Gasteiger partial charge on any atom is -0.390 e. The lowest BCUT2D eigenvalue weighted by Crippen LogP contribution is -2.48. The Morgan fingerprint density at radius 3 is 1.30 bits per heavy atom. The monoisotopic (exact) mass is 148 g/mol. The smallest absolute Gasteiger partial charge is 0.108 e. The summed E-state index contributed by atoms with van der Waals surface area (Å²) in [6.45, 7) is 0. The molecule has 1 rings (SSSR count). The summed E-state index contributed by atoms with van der Waals surface area (Å²) in [6.07, 6.45) is -3.47. The summed E-state index contributed by atoms with van der Waals surface area (Å²) in [5.74, 6) is 0. The first kappa shape index (κ1) is 7.94. The fourth-order valence-corrected chi connectivity index (χ4v) is 1.14. The minimum absolute atomic E-state index is 0.347. The topological polar surface area (TPSA) is 80.9 Å². The van der Waals surface area contributed by atoms with E-state index in [0.29, 0.717) is 12.8 Å². The largest absolute Gasteiger partial charge is 0.390 e. The van der Waals surface area contributed by atoms with Crippen molar-refractivity contribution in [3.8, 4) is 0 Å². The third-order valence-electron chi connectivity index (χ3n) is 1.90. The van der Waals surface area contributed by atoms with Crippen molar-refractivity contribution in [1.82, 2.24) is 0 Å². The molecule has 4 heteroatoms. The summed E-state index contributed by atoms with van der Waals surface area (Å²) < 4.78 is 0. The van der Waals surface area contributed by atoms with Crippen molar-refractivity contribution in [2.75, 3.05) is 0 Å². The second kappa shape index (κ2) is 2.84. The maximum Gasteiger partial charge on any atom is 0.108 e. The van der Waals surface area contributed by atoms with E-state index in [0.717, 1.165) is 0 Å². The van der Waals surface area contributed by atoms with Crippen molar-refractivity contribution in [2.45, 2.75) is 37.3 Å². The van der Waals surface area contributed by atoms with Crippen molar-refractivity contribution in [1.29, 1.82) is 0 Å². The highest BCUT2D eigenvalue weighted by Gasteiger charge is 2.34. The highest BCUT2D eigenvalue weighted by Crippen LogP contribution is 2.19. The first-order valence-corrected chi connectivity index (χ1v) is 3.35. The Labute approximate surface area is 58.7 Å². The second-order valence-corrected chi connectivity index (χ2v) is 2.69. The summed E-state index contributed by atoms with van der Waals surface area (Å²) in [4.78, 5) is 0. The van der Waals surface area contributed by atoms with E-state index >= 15 is 0 Å². The van der Waals surface area contributed by atoms with E-state index in [1.807, 2.05) is 0 Å². The van der Waals surface area contributed by atoms with Gasteiger partial charge in [-0.25, -0.2) is 0 Å². The van der Waals surface area contributed by atoms with Gasteiger partial charge in [0.25, 0.3) is 0 Å². The lowest BCUT2D eigenvalue weighted by molar-refractivity contribution is -0.135. The Morgan fingerprint density at radius 1 is 0.700 bits per heavy atom. The van der Waals surface area contributed by atoms with Crippen LogP contribution >= 0.6 is 0 Å². The third-order valence-corrected chi connectivity index (χ3v) is 1.90. The third kappa shape index (κ3) is 1.29. The SMILES string of the molecule is OC1CC[C@@H](O)[C@H](O)[C@H]1O. The lowest BCUT2D eigenvalue weighted by atomic mass is 9.90. The molecule has 0 heterocycles. The van der Waals surface area contributed by atoms with Gasteiger partial charge in [-0.05, 0) is 12.8 Å². The molecule has 10 heavy (non-hydrogen) atoms. The van der Waals surface area contributed by atoms with Crippen LogP contribution in [-0.4, -0.2) is 44.8 Å². The second-order valence-electron chi connectivity index (χ2n) is 2.69. The van der Waals surface area contributed by atoms with Crippen LogP contribution in [0.5, 0.6) is 0 Å². The number of rotatable bonds is 0. The molecule has 1 saturated carbocycles. The van der Waals surface area contributed by atoms with Gasteiger partial charge in [0.05, 0.1) is 12.2 Å². The zero-order valence-electron chi connectivity index (χ0n) is 5.51. The standard InChI is InChI=1S/C6H12O4/c7-3-1-2-4(8)6(10)5(3)9/h3-10H,1-2H2/t3-,4?,5+,6+/m1/s1. The first-order valence-electron chi connectivity index (χ1n) is 3.35. The van der Waals surface area contributed by atoms with Gasteiger partial charge in [-0.3, -0.25) is 0 Å². The molecule has 0 aromatic rings. The van der Waals surface area contributed by atoms with Gasteiger partial charge < -0.3 is 20.4 Å². The summed E-state index contributed by atoms with van der Waals surface area (Å²) >= 11 is 0. The molecule has 1 aliphatic carbocycles. The van der Waals surface area contributed by atoms with E-state index in [-0.39, 0.29) is 0 Å². The van der Waals surface area contributed by atoms with Crippen LogP contribution in [0.4, 0.5) is 0 Å². The molecule has 1 unspecified atom stereocenters. The van der Waals surface area contributed by atoms with Gasteiger partial charge in [0, 0.05) is 0 Å². The highest BCUT2D eigenvalue weighted by atomic mass is 16.4. The Balaban J connectivity index is 2.52. The summed E-state index contributed by atoms with van der Waals surface area (Å²) in [7, 11) is 0. The maximum absolute atomic E-state index is 8.96. The molecular formula is C6H12O4. The molecule has 4 N–H and O–H groups in total. The number of hydrogen-bond donors (Lipinski definition) is 4. The quantitative estimate of drug-likeness (QED) is 0.327. The molecule has 60 valence electrons. The number of aliphatic hydroxyl groups excluding tert-OH is 4. The van der Waals surface area contributed by atoms with Crippen molar-refractivity contribution in [3.05, 3.63) is 0 Å². The minimum atomic E-state index is -1.19. The van der Waals surface area contributed by atoms with Gasteiger partial charge in [0.1, 0.15) is 12.2 Å². The number of aliphatic hydroxyl groups is 4. The van der Waals surface area contributed by atoms with Crippen LogP contribution in [-0.2, 0) is 0 Å². The van der Waals surface area contributed by atoms with E-state index in [4.69, 9.17) is 20.4 Å². The van der Waals surface area contributed by atoms with Gasteiger partial charge in [0.2, 0.25) is 0 Å². The van der Waals surface area contributed by atoms with Crippen molar-refractivity contribution >= 4 is 0 Å². The Bertz CT molecular complexity index is 102. The molecule has 1 fully saturated rings. The summed E-state index contributed by atoms with van der Waals surface area (Å²) in [6, 6.07) is 0. The first-order chi connectivity index (χ1) is 4.63. The zero-order chi connectivity index (χ0) is 7.72. The zero-order valence-corrected chi connectivity index (χ0v) is 5.51. The van der Waals surface area contributed by atoms with Crippen LogP contribution in [0.25, 0.3) is 0 Å². The molecule has 0 saturated heterocycles. The molecule has 0 aliphatic heterocycles. The molecule has 0 bridgehead atoms. The summed E-state index contributed by atoms with van der Waals surface area (Å²) in [5.41, 5.74) is 0. The van der Waals surface area contributed by atoms with E-state index in [1.54, 1.807) is 0 Å². The molecule has 4 atom stereocenters. The van der Waals surface area contributed by atoms with E-state index in [9.17, 15) is 0 Å². The van der Waals surface area contributed by atoms with Crippen LogP contribution in [0.1, 0.15) is 12.8 Å². The Hall–Kier alpha value is -0.160. The normalized spacial score (nSPS) is 49.2. The molecule has 0 aromatic carbocycles. The van der Waals surface area contributed by atoms with E-state index in [1.165, 1.54) is 0 Å². The highest BCUT2D eigenvalue weighted by molar-refractivity contribution is 4.86. The molecule has 1 aliphatic rings. The van der Waals surface area contributed by atoms with Gasteiger partial charge in [-0.1, -0.05) is 0 Å². The van der Waals surface area contributed by atoms with Crippen LogP contribution in [0.15, 0.2) is 0 Å². The molecule has 0 amide bonds. The predicted octanol–water partition coefficient (Wildman–Crippen LogP) is -1.78. The van der Waals surface area contributed by atoms with Crippen molar-refractivity contribution in [3.63, 3.8) is 0 Å². The van der Waals surface area contributed by atoms with Crippen LogP contribution in [0, 0.1) is 0 Å². The Morgan fingerprint density at radius 2 is 1.00 bits per heavy atom. The fourth-order valence-electron chi connectivity index (χ4n) is 1.14. The molecule has 0 spiro atoms. The average Bonchev–Trinajstić information content (AvgIpc) is 1.93. The van der Waals surface area contributed by atoms with Crippen LogP contribution in [0.3, 0.4) is 0 Å². The average molecular weight is 148 g/mol. The van der Waals surface area contributed by atoms with Gasteiger partial charge in [-0.15, -0.1) is 0 Å². The van der Waals surface area contributed by atoms with Crippen molar-refractivity contribution < 1.29 is 20.4 Å². The van der Waals surface area contributed by atoms with Crippen molar-refractivity contribution in [2.24, 2.45) is 0 Å². The van der Waals surface area contributed by atoms with Gasteiger partial charge >= 0.3 is 0 Å². The number of hydrogen-bond acceptors (Lipinski definition) is 4. The van der Waals surface area contributed by atoms with Crippen LogP contribution < -0.4 is 0 Å². The molecule has 0 radical (unpaired) electrons. The Kier molecular flexibility index (Phi) is 2.25. The molecular weight excluding hydrogens is 136 g/mol.